The lowest BCUT2D eigenvalue weighted by molar-refractivity contribution is -0.129. The van der Waals surface area contributed by atoms with Crippen LogP contribution in [0.3, 0.4) is 0 Å². The number of nitrogens with zero attached hydrogens (tertiary/aromatic N) is 1. The number of unbranched alkanes of at least 4 members (excludes halogenated alkanes) is 5. The van der Waals surface area contributed by atoms with E-state index in [1.807, 2.05) is 31.3 Å². The molecule has 0 atom stereocenters. The van der Waals surface area contributed by atoms with Gasteiger partial charge in [-0.1, -0.05) is 37.5 Å². The quantitative estimate of drug-likeness (QED) is 0.157. The van der Waals surface area contributed by atoms with Crippen LogP contribution in [0.1, 0.15) is 87.3 Å². The van der Waals surface area contributed by atoms with Crippen LogP contribution >= 0.6 is 0 Å². The Balaban J connectivity index is 1.41. The fourth-order valence-electron chi connectivity index (χ4n) is 5.51. The van der Waals surface area contributed by atoms with Crippen molar-refractivity contribution < 1.29 is 31.1 Å². The molecule has 0 aromatic heterocycles. The first-order chi connectivity index (χ1) is 19.4. The number of hydrogen-bond acceptors (Lipinski definition) is 4. The molecule has 0 bridgehead atoms. The van der Waals surface area contributed by atoms with Crippen molar-refractivity contribution in [3.05, 3.63) is 65.0 Å². The van der Waals surface area contributed by atoms with Gasteiger partial charge in [0.15, 0.2) is 9.84 Å². The van der Waals surface area contributed by atoms with Gasteiger partial charge in [0.2, 0.25) is 0 Å². The van der Waals surface area contributed by atoms with E-state index >= 15 is 0 Å². The third-order valence-electron chi connectivity index (χ3n) is 7.75. The summed E-state index contributed by atoms with van der Waals surface area (Å²) in [4.78, 5) is 2.22. The Kier molecular flexibility index (Phi) is 12.7. The Morgan fingerprint density at radius 1 is 0.854 bits per heavy atom. The first kappa shape index (κ1) is 33.1. The second-order valence-corrected chi connectivity index (χ2v) is 13.5. The summed E-state index contributed by atoms with van der Waals surface area (Å²) >= 11 is 0. The average molecular weight is 598 g/mol. The zero-order valence-corrected chi connectivity index (χ0v) is 24.8. The molecule has 41 heavy (non-hydrogen) atoms. The first-order valence-electron chi connectivity index (χ1n) is 14.7. The zero-order valence-electron chi connectivity index (χ0n) is 24.0. The van der Waals surface area contributed by atoms with Gasteiger partial charge < -0.3 is 10.0 Å². The Hall–Kier alpha value is -2.39. The lowest BCUT2D eigenvalue weighted by atomic mass is 9.89. The summed E-state index contributed by atoms with van der Waals surface area (Å²) in [6, 6.07) is 12.4. The molecule has 1 N–H and O–H groups in total. The van der Waals surface area contributed by atoms with Crippen molar-refractivity contribution in [3.8, 4) is 5.75 Å². The van der Waals surface area contributed by atoms with Gasteiger partial charge in [-0.25, -0.2) is 12.8 Å². The van der Waals surface area contributed by atoms with E-state index in [0.717, 1.165) is 82.0 Å². The molecule has 228 valence electrons. The number of phenolic OH excluding ortho intramolecular Hbond substituents is 1. The first-order valence-corrected chi connectivity index (χ1v) is 16.5. The van der Waals surface area contributed by atoms with Crippen molar-refractivity contribution in [1.29, 1.82) is 0 Å². The number of halogens is 4. The summed E-state index contributed by atoms with van der Waals surface area (Å²) in [5.41, 5.74) is 5.97. The lowest BCUT2D eigenvalue weighted by Gasteiger charge is -2.17. The number of hydrogen-bond donors (Lipinski definition) is 1. The number of aromatic hydroxyl groups is 1. The molecule has 4 nitrogen and oxygen atoms in total. The van der Waals surface area contributed by atoms with Crippen LogP contribution in [0.15, 0.2) is 42.5 Å². The minimum atomic E-state index is -4.44. The van der Waals surface area contributed by atoms with Crippen LogP contribution in [0.25, 0.3) is 11.1 Å². The fourth-order valence-corrected chi connectivity index (χ4v) is 6.90. The number of phenols is 1. The third kappa shape index (κ3) is 11.8. The van der Waals surface area contributed by atoms with Gasteiger partial charge in [0, 0.05) is 0 Å². The maximum Gasteiger partial charge on any atom is 0.390 e. The molecule has 2 aromatic carbocycles. The van der Waals surface area contributed by atoms with Gasteiger partial charge in [0.25, 0.3) is 0 Å². The maximum atomic E-state index is 13.6. The van der Waals surface area contributed by atoms with Crippen LogP contribution in [0, 0.1) is 5.82 Å². The fraction of sp³-hybridized carbons (Fsp3) is 0.562. The van der Waals surface area contributed by atoms with Crippen molar-refractivity contribution in [1.82, 2.24) is 4.90 Å². The summed E-state index contributed by atoms with van der Waals surface area (Å²) in [6.07, 6.45) is 4.16. The normalized spacial score (nSPS) is 14.4. The van der Waals surface area contributed by atoms with Gasteiger partial charge in [-0.15, -0.1) is 0 Å². The highest BCUT2D eigenvalue weighted by atomic mass is 32.2. The molecule has 0 spiro atoms. The Labute approximate surface area is 242 Å². The molecule has 0 unspecified atom stereocenters. The van der Waals surface area contributed by atoms with Crippen LogP contribution in [0.2, 0.25) is 0 Å². The second-order valence-electron chi connectivity index (χ2n) is 11.2. The van der Waals surface area contributed by atoms with Crippen molar-refractivity contribution in [2.45, 2.75) is 83.2 Å². The molecule has 0 heterocycles. The number of fused-ring (bicyclic) bond motifs is 1. The van der Waals surface area contributed by atoms with Gasteiger partial charge in [-0.2, -0.15) is 13.2 Å². The molecule has 3 rings (SSSR count). The highest BCUT2D eigenvalue weighted by Crippen LogP contribution is 2.39. The molecule has 0 aliphatic heterocycles. The van der Waals surface area contributed by atoms with Crippen molar-refractivity contribution >= 4 is 21.0 Å². The summed E-state index contributed by atoms with van der Waals surface area (Å²) < 4.78 is 73.9. The smallest absolute Gasteiger partial charge is 0.390 e. The standard InChI is InChI=1S/C32H43F4NO3S/c1-37(21-7-4-8-22-41(39,40)23-19-32(34,35)36)20-6-3-2-5-11-31-29(25-13-15-27(33)16-14-25)12-9-10-26-24-28(38)17-18-30(26)31/h13-18,24,38H,2-12,19-23H2,1H3. The van der Waals surface area contributed by atoms with Crippen LogP contribution in [-0.4, -0.2) is 56.2 Å². The molecular formula is C32H43F4NO3S. The SMILES string of the molecule is CN(CCCCCCC1=C(c2ccc(F)cc2)CCCc2cc(O)ccc21)CCCCCS(=O)(=O)CCC(F)(F)F. The molecule has 0 amide bonds. The van der Waals surface area contributed by atoms with E-state index in [2.05, 4.69) is 4.90 Å². The minimum Gasteiger partial charge on any atom is -0.508 e. The molecule has 9 heteroatoms. The Morgan fingerprint density at radius 2 is 1.51 bits per heavy atom. The van der Waals surface area contributed by atoms with Crippen LogP contribution in [0.5, 0.6) is 5.75 Å². The van der Waals surface area contributed by atoms with Crippen molar-refractivity contribution in [2.24, 2.45) is 0 Å². The van der Waals surface area contributed by atoms with Crippen LogP contribution in [-0.2, 0) is 16.3 Å². The van der Waals surface area contributed by atoms with E-state index in [4.69, 9.17) is 0 Å². The lowest BCUT2D eigenvalue weighted by Crippen LogP contribution is -2.21. The number of allylic oxidation sites excluding steroid dienone is 2. The summed E-state index contributed by atoms with van der Waals surface area (Å²) in [7, 11) is -1.61. The Morgan fingerprint density at radius 3 is 2.20 bits per heavy atom. The molecular weight excluding hydrogens is 554 g/mol. The molecule has 1 aliphatic rings. The van der Waals surface area contributed by atoms with Gasteiger partial charge in [0.1, 0.15) is 11.6 Å². The predicted octanol–water partition coefficient (Wildman–Crippen LogP) is 8.20. The van der Waals surface area contributed by atoms with E-state index in [-0.39, 0.29) is 17.3 Å². The van der Waals surface area contributed by atoms with Crippen molar-refractivity contribution in [2.75, 3.05) is 31.6 Å². The summed E-state index contributed by atoms with van der Waals surface area (Å²) in [5, 5.41) is 10.0. The van der Waals surface area contributed by atoms with E-state index in [1.54, 1.807) is 6.07 Å². The molecule has 0 fully saturated rings. The average Bonchev–Trinajstić information content (AvgIpc) is 3.08. The molecule has 0 radical (unpaired) electrons. The monoisotopic (exact) mass is 597 g/mol. The van der Waals surface area contributed by atoms with Gasteiger partial charge in [-0.05, 0) is 124 Å². The summed E-state index contributed by atoms with van der Waals surface area (Å²) in [6.45, 7) is 1.77. The molecule has 2 aromatic rings. The minimum absolute atomic E-state index is 0.183. The van der Waals surface area contributed by atoms with Crippen LogP contribution < -0.4 is 0 Å². The van der Waals surface area contributed by atoms with Crippen LogP contribution in [0.4, 0.5) is 17.6 Å². The highest BCUT2D eigenvalue weighted by Gasteiger charge is 2.29. The maximum absolute atomic E-state index is 13.6. The third-order valence-corrected chi connectivity index (χ3v) is 9.49. The zero-order chi connectivity index (χ0) is 29.9. The predicted molar refractivity (Wildman–Crippen MR) is 158 cm³/mol. The molecule has 0 saturated carbocycles. The van der Waals surface area contributed by atoms with Gasteiger partial charge in [-0.3, -0.25) is 0 Å². The number of alkyl halides is 3. The van der Waals surface area contributed by atoms with E-state index in [0.29, 0.717) is 12.8 Å². The van der Waals surface area contributed by atoms with E-state index in [9.17, 15) is 31.1 Å². The number of aryl methyl sites for hydroxylation is 1. The van der Waals surface area contributed by atoms with E-state index < -0.39 is 28.2 Å². The van der Waals surface area contributed by atoms with Crippen molar-refractivity contribution in [3.63, 3.8) is 0 Å². The second kappa shape index (κ2) is 15.7. The Bertz CT molecular complexity index is 1240. The summed E-state index contributed by atoms with van der Waals surface area (Å²) in [5.74, 6) is -0.967. The molecule has 1 aliphatic carbocycles. The number of benzene rings is 2. The van der Waals surface area contributed by atoms with Gasteiger partial charge >= 0.3 is 6.18 Å². The number of rotatable bonds is 16. The van der Waals surface area contributed by atoms with E-state index in [1.165, 1.54) is 28.8 Å². The number of sulfone groups is 1. The largest absolute Gasteiger partial charge is 0.508 e. The highest BCUT2D eigenvalue weighted by molar-refractivity contribution is 7.91. The molecule has 0 saturated heterocycles. The van der Waals surface area contributed by atoms with Gasteiger partial charge in [0.05, 0.1) is 17.9 Å². The topological polar surface area (TPSA) is 57.6 Å².